The monoisotopic (exact) mass is 233 g/mol. The number of rotatable bonds is 1. The van der Waals surface area contributed by atoms with Gasteiger partial charge in [0.15, 0.2) is 0 Å². The summed E-state index contributed by atoms with van der Waals surface area (Å²) >= 11 is 3.09. The molecule has 0 aromatic heterocycles. The van der Waals surface area contributed by atoms with Crippen LogP contribution < -0.4 is 0 Å². The van der Waals surface area contributed by atoms with Gasteiger partial charge in [-0.25, -0.2) is 0 Å². The molecule has 0 unspecified atom stereocenters. The van der Waals surface area contributed by atoms with Crippen LogP contribution in [0.4, 0.5) is 0 Å². The molecule has 0 fully saturated rings. The molecule has 6 heteroatoms. The fourth-order valence-electron chi connectivity index (χ4n) is 1.00. The lowest BCUT2D eigenvalue weighted by Crippen LogP contribution is -2.41. The van der Waals surface area contributed by atoms with E-state index in [0.29, 0.717) is 0 Å². The average molecular weight is 234 g/mol. The molecule has 0 amide bonds. The molecule has 5 nitrogen and oxygen atoms in total. The standard InChI is InChI=1S/C6H8BrN3O2/c7-5-4(11)2-1-3(6(5)12)9-10-8/h1-6,11-12H/t3-,4+,5-,6+/m0/s1. The van der Waals surface area contributed by atoms with E-state index in [-0.39, 0.29) is 0 Å². The second-order valence-electron chi connectivity index (χ2n) is 2.51. The number of hydrogen-bond donors (Lipinski definition) is 2. The van der Waals surface area contributed by atoms with E-state index in [1.54, 1.807) is 0 Å². The SMILES string of the molecule is [N-]=[N+]=N[C@H]1C=C[C@@H](O)[C@H](Br)[C@@H]1O. The summed E-state index contributed by atoms with van der Waals surface area (Å²) in [6.45, 7) is 0. The van der Waals surface area contributed by atoms with Crippen LogP contribution in [0.15, 0.2) is 17.3 Å². The first kappa shape index (κ1) is 9.54. The first-order valence-electron chi connectivity index (χ1n) is 3.39. The third-order valence-electron chi connectivity index (χ3n) is 1.69. The Morgan fingerprint density at radius 3 is 2.67 bits per heavy atom. The summed E-state index contributed by atoms with van der Waals surface area (Å²) in [5, 5.41) is 22.0. The Kier molecular flexibility index (Phi) is 3.11. The van der Waals surface area contributed by atoms with Crippen molar-refractivity contribution in [3.63, 3.8) is 0 Å². The summed E-state index contributed by atoms with van der Waals surface area (Å²) in [6, 6.07) is -0.595. The van der Waals surface area contributed by atoms with Crippen LogP contribution in [0.5, 0.6) is 0 Å². The van der Waals surface area contributed by atoms with Gasteiger partial charge in [-0.15, -0.1) is 0 Å². The third-order valence-corrected chi connectivity index (χ3v) is 2.78. The molecule has 0 radical (unpaired) electrons. The summed E-state index contributed by atoms with van der Waals surface area (Å²) in [5.74, 6) is 0. The molecule has 1 aliphatic rings. The largest absolute Gasteiger partial charge is 0.391 e. The Balaban J connectivity index is 2.80. The van der Waals surface area contributed by atoms with E-state index in [1.807, 2.05) is 0 Å². The highest BCUT2D eigenvalue weighted by atomic mass is 79.9. The van der Waals surface area contributed by atoms with Crippen LogP contribution in [0.2, 0.25) is 0 Å². The van der Waals surface area contributed by atoms with Gasteiger partial charge in [-0.1, -0.05) is 33.2 Å². The van der Waals surface area contributed by atoms with Crippen LogP contribution in [0.1, 0.15) is 0 Å². The smallest absolute Gasteiger partial charge is 0.0871 e. The zero-order valence-electron chi connectivity index (χ0n) is 6.08. The Morgan fingerprint density at radius 2 is 2.08 bits per heavy atom. The molecule has 4 atom stereocenters. The molecule has 0 bridgehead atoms. The number of aliphatic hydroxyl groups is 2. The molecular formula is C6H8BrN3O2. The van der Waals surface area contributed by atoms with Crippen molar-refractivity contribution in [2.24, 2.45) is 5.11 Å². The maximum absolute atomic E-state index is 9.42. The Morgan fingerprint density at radius 1 is 1.42 bits per heavy atom. The molecule has 0 aliphatic heterocycles. The summed E-state index contributed by atoms with van der Waals surface area (Å²) < 4.78 is 0. The molecule has 1 rings (SSSR count). The van der Waals surface area contributed by atoms with Gasteiger partial charge in [0.1, 0.15) is 0 Å². The van der Waals surface area contributed by atoms with E-state index >= 15 is 0 Å². The van der Waals surface area contributed by atoms with Crippen molar-refractivity contribution in [1.82, 2.24) is 0 Å². The Labute approximate surface area is 77.5 Å². The van der Waals surface area contributed by atoms with E-state index in [4.69, 9.17) is 5.53 Å². The van der Waals surface area contributed by atoms with Crippen LogP contribution in [0.3, 0.4) is 0 Å². The second kappa shape index (κ2) is 3.91. The summed E-state index contributed by atoms with van der Waals surface area (Å²) in [4.78, 5) is 2.11. The normalized spacial score (nSPS) is 40.6. The van der Waals surface area contributed by atoms with Gasteiger partial charge in [-0.3, -0.25) is 0 Å². The molecule has 0 heterocycles. The Bertz CT molecular complexity index is 239. The molecule has 0 saturated carbocycles. The fraction of sp³-hybridized carbons (Fsp3) is 0.667. The van der Waals surface area contributed by atoms with Crippen LogP contribution in [0, 0.1) is 0 Å². The van der Waals surface area contributed by atoms with Gasteiger partial charge in [0, 0.05) is 4.91 Å². The first-order valence-corrected chi connectivity index (χ1v) is 4.31. The lowest BCUT2D eigenvalue weighted by Gasteiger charge is -2.27. The number of aliphatic hydroxyl groups excluding tert-OH is 2. The predicted molar refractivity (Wildman–Crippen MR) is 46.8 cm³/mol. The zero-order chi connectivity index (χ0) is 9.14. The number of alkyl halides is 1. The molecule has 0 saturated heterocycles. The van der Waals surface area contributed by atoms with Crippen LogP contribution in [0.25, 0.3) is 10.4 Å². The van der Waals surface area contributed by atoms with E-state index in [1.165, 1.54) is 12.2 Å². The van der Waals surface area contributed by atoms with Gasteiger partial charge in [-0.05, 0) is 5.53 Å². The van der Waals surface area contributed by atoms with Crippen LogP contribution in [-0.2, 0) is 0 Å². The minimum absolute atomic E-state index is 0.474. The molecule has 0 aromatic rings. The number of nitrogens with zero attached hydrogens (tertiary/aromatic N) is 3. The average Bonchev–Trinajstić information content (AvgIpc) is 2.07. The number of halogens is 1. The van der Waals surface area contributed by atoms with Gasteiger partial charge >= 0.3 is 0 Å². The molecule has 66 valence electrons. The first-order chi connectivity index (χ1) is 5.66. The number of hydrogen-bond acceptors (Lipinski definition) is 3. The molecular weight excluding hydrogens is 226 g/mol. The van der Waals surface area contributed by atoms with Crippen molar-refractivity contribution in [2.75, 3.05) is 0 Å². The van der Waals surface area contributed by atoms with Gasteiger partial charge in [0.05, 0.1) is 23.1 Å². The molecule has 0 aromatic carbocycles. The molecule has 2 N–H and O–H groups in total. The van der Waals surface area contributed by atoms with Gasteiger partial charge < -0.3 is 10.2 Å². The minimum atomic E-state index is -0.874. The van der Waals surface area contributed by atoms with Crippen molar-refractivity contribution in [2.45, 2.75) is 23.1 Å². The lowest BCUT2D eigenvalue weighted by atomic mass is 9.98. The van der Waals surface area contributed by atoms with E-state index in [9.17, 15) is 10.2 Å². The van der Waals surface area contributed by atoms with Gasteiger partial charge in [0.2, 0.25) is 0 Å². The van der Waals surface area contributed by atoms with Crippen LogP contribution >= 0.6 is 15.9 Å². The van der Waals surface area contributed by atoms with Crippen molar-refractivity contribution >= 4 is 15.9 Å². The lowest BCUT2D eigenvalue weighted by molar-refractivity contribution is 0.0965. The van der Waals surface area contributed by atoms with E-state index in [2.05, 4.69) is 26.0 Å². The van der Waals surface area contributed by atoms with Crippen LogP contribution in [-0.4, -0.2) is 33.3 Å². The molecule has 1 aliphatic carbocycles. The summed E-state index contributed by atoms with van der Waals surface area (Å²) in [7, 11) is 0. The highest BCUT2D eigenvalue weighted by Gasteiger charge is 2.31. The topological polar surface area (TPSA) is 89.2 Å². The van der Waals surface area contributed by atoms with Crippen molar-refractivity contribution in [3.8, 4) is 0 Å². The summed E-state index contributed by atoms with van der Waals surface area (Å²) in [6.07, 6.45) is 1.38. The quantitative estimate of drug-likeness (QED) is 0.230. The third kappa shape index (κ3) is 1.78. The highest BCUT2D eigenvalue weighted by molar-refractivity contribution is 9.09. The maximum Gasteiger partial charge on any atom is 0.0871 e. The van der Waals surface area contributed by atoms with Gasteiger partial charge in [-0.2, -0.15) is 0 Å². The molecule has 12 heavy (non-hydrogen) atoms. The van der Waals surface area contributed by atoms with E-state index in [0.717, 1.165) is 0 Å². The number of azide groups is 1. The highest BCUT2D eigenvalue weighted by Crippen LogP contribution is 2.22. The summed E-state index contributed by atoms with van der Waals surface area (Å²) in [5.41, 5.74) is 8.12. The van der Waals surface area contributed by atoms with Gasteiger partial charge in [0.25, 0.3) is 0 Å². The van der Waals surface area contributed by atoms with Crippen molar-refractivity contribution < 1.29 is 10.2 Å². The van der Waals surface area contributed by atoms with Crippen molar-refractivity contribution in [1.29, 1.82) is 0 Å². The zero-order valence-corrected chi connectivity index (χ0v) is 7.66. The maximum atomic E-state index is 9.42. The predicted octanol–water partition coefficient (Wildman–Crippen LogP) is 0.720. The van der Waals surface area contributed by atoms with E-state index < -0.39 is 23.1 Å². The fourth-order valence-corrected chi connectivity index (χ4v) is 1.49. The second-order valence-corrected chi connectivity index (χ2v) is 3.56. The minimum Gasteiger partial charge on any atom is -0.391 e. The Hall–Kier alpha value is -0.550. The van der Waals surface area contributed by atoms with Crippen molar-refractivity contribution in [3.05, 3.63) is 22.6 Å². The molecule has 0 spiro atoms.